The van der Waals surface area contributed by atoms with E-state index in [1.165, 1.54) is 6.92 Å². The van der Waals surface area contributed by atoms with E-state index < -0.39 is 0 Å². The molecule has 0 unspecified atom stereocenters. The minimum absolute atomic E-state index is 0.00166. The van der Waals surface area contributed by atoms with Gasteiger partial charge in [0.1, 0.15) is 0 Å². The smallest absolute Gasteiger partial charge is 0.311 e. The van der Waals surface area contributed by atoms with Gasteiger partial charge in [-0.2, -0.15) is 0 Å². The number of pyridine rings is 1. The molecule has 0 aliphatic heterocycles. The Bertz CT molecular complexity index is 640. The summed E-state index contributed by atoms with van der Waals surface area (Å²) in [5.41, 5.74) is 3.34. The van der Waals surface area contributed by atoms with Crippen LogP contribution in [0.5, 0.6) is 0 Å². The van der Waals surface area contributed by atoms with Crippen LogP contribution in [0.25, 0.3) is 5.52 Å². The molecule has 4 nitrogen and oxygen atoms in total. The van der Waals surface area contributed by atoms with Crippen molar-refractivity contribution >= 4 is 17.3 Å². The van der Waals surface area contributed by atoms with Gasteiger partial charge in [-0.25, -0.2) is 0 Å². The fourth-order valence-electron chi connectivity index (χ4n) is 2.15. The van der Waals surface area contributed by atoms with Gasteiger partial charge in [0.15, 0.2) is 5.78 Å². The van der Waals surface area contributed by atoms with Crippen LogP contribution in [-0.4, -0.2) is 22.8 Å². The number of Topliss-reactive ketones (excluding diaryl/α,β-unsaturated/α-hetero) is 1. The molecule has 0 aliphatic carbocycles. The van der Waals surface area contributed by atoms with Gasteiger partial charge in [-0.1, -0.05) is 0 Å². The maximum Gasteiger partial charge on any atom is 0.311 e. The predicted octanol–water partition coefficient (Wildman–Crippen LogP) is 2.56. The summed E-state index contributed by atoms with van der Waals surface area (Å²) in [7, 11) is 0. The highest BCUT2D eigenvalue weighted by Gasteiger charge is 2.15. The number of fused-ring (bicyclic) bond motifs is 1. The summed E-state index contributed by atoms with van der Waals surface area (Å²) in [5.74, 6) is -0.282. The number of rotatable bonds is 4. The van der Waals surface area contributed by atoms with E-state index >= 15 is 0 Å². The lowest BCUT2D eigenvalue weighted by molar-refractivity contribution is -0.142. The van der Waals surface area contributed by atoms with Crippen molar-refractivity contribution in [3.05, 3.63) is 41.2 Å². The van der Waals surface area contributed by atoms with Crippen molar-refractivity contribution in [3.8, 4) is 0 Å². The maximum absolute atomic E-state index is 11.7. The molecule has 19 heavy (non-hydrogen) atoms. The summed E-state index contributed by atoms with van der Waals surface area (Å²) in [5, 5.41) is 0. The van der Waals surface area contributed by atoms with Gasteiger partial charge in [-0.05, 0) is 44.5 Å². The van der Waals surface area contributed by atoms with Gasteiger partial charge in [0.2, 0.25) is 0 Å². The first-order valence-electron chi connectivity index (χ1n) is 6.30. The lowest BCUT2D eigenvalue weighted by Gasteiger charge is -2.04. The van der Waals surface area contributed by atoms with Gasteiger partial charge >= 0.3 is 5.97 Å². The topological polar surface area (TPSA) is 47.8 Å². The van der Waals surface area contributed by atoms with Gasteiger partial charge in [0.05, 0.1) is 18.5 Å². The molecule has 0 aliphatic rings. The van der Waals surface area contributed by atoms with Crippen molar-refractivity contribution < 1.29 is 14.3 Å². The zero-order valence-corrected chi connectivity index (χ0v) is 11.4. The molecule has 100 valence electrons. The molecule has 0 bridgehead atoms. The van der Waals surface area contributed by atoms with Gasteiger partial charge in [0, 0.05) is 17.5 Å². The number of esters is 1. The lowest BCUT2D eigenvalue weighted by Crippen LogP contribution is -2.09. The Morgan fingerprint density at radius 2 is 2.05 bits per heavy atom. The number of hydrogen-bond acceptors (Lipinski definition) is 3. The summed E-state index contributed by atoms with van der Waals surface area (Å²) in [6, 6.07) is 5.67. The van der Waals surface area contributed by atoms with Gasteiger partial charge in [0.25, 0.3) is 0 Å². The highest BCUT2D eigenvalue weighted by atomic mass is 16.5. The molecule has 0 N–H and O–H groups in total. The van der Waals surface area contributed by atoms with Crippen LogP contribution in [0.4, 0.5) is 0 Å². The summed E-state index contributed by atoms with van der Waals surface area (Å²) in [6.07, 6.45) is 2.05. The maximum atomic E-state index is 11.7. The standard InChI is InChI=1S/C15H17NO3/c1-4-19-15(18)9-12-8-13(11(3)17)14-7-10(2)5-6-16(12)14/h5-8H,4,9H2,1-3H3. The van der Waals surface area contributed by atoms with Crippen molar-refractivity contribution in [1.29, 1.82) is 0 Å². The van der Waals surface area contributed by atoms with Crippen LogP contribution in [0.1, 0.15) is 35.5 Å². The SMILES string of the molecule is CCOC(=O)Cc1cc(C(C)=O)c2cc(C)ccn12. The van der Waals surface area contributed by atoms with Crippen LogP contribution >= 0.6 is 0 Å². The minimum atomic E-state index is -0.280. The number of ether oxygens (including phenoxy) is 1. The van der Waals surface area contributed by atoms with Crippen LogP contribution in [-0.2, 0) is 16.0 Å². The summed E-state index contributed by atoms with van der Waals surface area (Å²) < 4.78 is 6.83. The molecule has 2 heterocycles. The Morgan fingerprint density at radius 3 is 2.68 bits per heavy atom. The summed E-state index contributed by atoms with van der Waals surface area (Å²) in [6.45, 7) is 5.65. The molecular formula is C15H17NO3. The Balaban J connectivity index is 2.50. The normalized spacial score (nSPS) is 10.7. The Kier molecular flexibility index (Phi) is 3.69. The molecule has 0 fully saturated rings. The first kappa shape index (κ1) is 13.3. The Morgan fingerprint density at radius 1 is 1.32 bits per heavy atom. The molecule has 0 saturated carbocycles. The zero-order chi connectivity index (χ0) is 14.0. The largest absolute Gasteiger partial charge is 0.466 e. The molecule has 0 spiro atoms. The first-order valence-corrected chi connectivity index (χ1v) is 6.30. The van der Waals surface area contributed by atoms with E-state index in [1.54, 1.807) is 13.0 Å². The number of aryl methyl sites for hydroxylation is 1. The number of hydrogen-bond donors (Lipinski definition) is 0. The van der Waals surface area contributed by atoms with Crippen molar-refractivity contribution in [2.24, 2.45) is 0 Å². The minimum Gasteiger partial charge on any atom is -0.466 e. The molecule has 2 rings (SSSR count). The number of ketones is 1. The van der Waals surface area contributed by atoms with Crippen molar-refractivity contribution in [1.82, 2.24) is 4.40 Å². The third-order valence-electron chi connectivity index (χ3n) is 3.02. The molecule has 0 radical (unpaired) electrons. The Labute approximate surface area is 112 Å². The quantitative estimate of drug-likeness (QED) is 0.626. The average molecular weight is 259 g/mol. The van der Waals surface area contributed by atoms with Crippen molar-refractivity contribution in [2.45, 2.75) is 27.2 Å². The van der Waals surface area contributed by atoms with Crippen LogP contribution < -0.4 is 0 Å². The monoisotopic (exact) mass is 259 g/mol. The van der Waals surface area contributed by atoms with Crippen molar-refractivity contribution in [3.63, 3.8) is 0 Å². The third-order valence-corrected chi connectivity index (χ3v) is 3.02. The summed E-state index contributed by atoms with van der Waals surface area (Å²) >= 11 is 0. The van der Waals surface area contributed by atoms with E-state index in [0.717, 1.165) is 16.8 Å². The average Bonchev–Trinajstić information content (AvgIpc) is 2.67. The lowest BCUT2D eigenvalue weighted by atomic mass is 10.1. The number of carbonyl (C=O) groups excluding carboxylic acids is 2. The van der Waals surface area contributed by atoms with Crippen LogP contribution in [0.2, 0.25) is 0 Å². The number of nitrogens with zero attached hydrogens (tertiary/aromatic N) is 1. The fraction of sp³-hybridized carbons (Fsp3) is 0.333. The second kappa shape index (κ2) is 5.26. The van der Waals surface area contributed by atoms with Gasteiger partial charge in [-0.15, -0.1) is 0 Å². The molecule has 2 aromatic rings. The van der Waals surface area contributed by atoms with Gasteiger partial charge < -0.3 is 9.14 Å². The number of carbonyl (C=O) groups is 2. The van der Waals surface area contributed by atoms with E-state index in [4.69, 9.17) is 4.74 Å². The second-order valence-corrected chi connectivity index (χ2v) is 4.55. The van der Waals surface area contributed by atoms with Crippen LogP contribution in [0.3, 0.4) is 0 Å². The second-order valence-electron chi connectivity index (χ2n) is 4.55. The van der Waals surface area contributed by atoms with E-state index in [0.29, 0.717) is 12.2 Å². The van der Waals surface area contributed by atoms with Crippen LogP contribution in [0, 0.1) is 6.92 Å². The fourth-order valence-corrected chi connectivity index (χ4v) is 2.15. The van der Waals surface area contributed by atoms with E-state index in [-0.39, 0.29) is 18.2 Å². The van der Waals surface area contributed by atoms with E-state index in [1.807, 2.05) is 29.7 Å². The molecule has 0 saturated heterocycles. The summed E-state index contributed by atoms with van der Waals surface area (Å²) in [4.78, 5) is 23.2. The number of aromatic nitrogens is 1. The predicted molar refractivity (Wildman–Crippen MR) is 72.5 cm³/mol. The van der Waals surface area contributed by atoms with E-state index in [2.05, 4.69) is 0 Å². The Hall–Kier alpha value is -2.10. The molecule has 0 aromatic carbocycles. The van der Waals surface area contributed by atoms with Crippen molar-refractivity contribution in [2.75, 3.05) is 6.61 Å². The molecule has 4 heteroatoms. The molecular weight excluding hydrogens is 242 g/mol. The highest BCUT2D eigenvalue weighted by Crippen LogP contribution is 2.20. The highest BCUT2D eigenvalue weighted by molar-refractivity contribution is 6.01. The third kappa shape index (κ3) is 2.67. The molecule has 0 amide bonds. The molecule has 2 aromatic heterocycles. The first-order chi connectivity index (χ1) is 9.02. The zero-order valence-electron chi connectivity index (χ0n) is 11.4. The van der Waals surface area contributed by atoms with Gasteiger partial charge in [-0.3, -0.25) is 9.59 Å². The van der Waals surface area contributed by atoms with E-state index in [9.17, 15) is 9.59 Å². The van der Waals surface area contributed by atoms with Crippen LogP contribution in [0.15, 0.2) is 24.4 Å². The molecule has 0 atom stereocenters.